The second-order valence-electron chi connectivity index (χ2n) is 5.67. The minimum absolute atomic E-state index is 0.0159. The standard InChI is InChI=1S/C15H23FO2Si/c1-11(2)19(16,12(3)4)14-7-5-6-13(10-14)8-9-15(17)18/h5-7,10-12H,8-9H2,1-4H3,(H,17,18). The largest absolute Gasteiger partial charge is 0.481 e. The highest BCUT2D eigenvalue weighted by Gasteiger charge is 2.43. The monoisotopic (exact) mass is 282 g/mol. The quantitative estimate of drug-likeness (QED) is 0.639. The highest BCUT2D eigenvalue weighted by Crippen LogP contribution is 2.33. The molecule has 19 heavy (non-hydrogen) atoms. The normalized spacial score (nSPS) is 12.2. The number of hydrogen-bond acceptors (Lipinski definition) is 1. The van der Waals surface area contributed by atoms with E-state index in [1.165, 1.54) is 0 Å². The fourth-order valence-electron chi connectivity index (χ4n) is 2.55. The molecule has 0 atom stereocenters. The van der Waals surface area contributed by atoms with Gasteiger partial charge < -0.3 is 9.21 Å². The molecule has 0 bridgehead atoms. The van der Waals surface area contributed by atoms with Crippen LogP contribution in [0.4, 0.5) is 4.11 Å². The Morgan fingerprint density at radius 3 is 2.32 bits per heavy atom. The minimum atomic E-state index is -3.02. The number of carboxylic acids is 1. The molecular weight excluding hydrogens is 259 g/mol. The third kappa shape index (κ3) is 3.66. The molecule has 0 aliphatic heterocycles. The molecule has 0 heterocycles. The number of aryl methyl sites for hydroxylation is 1. The van der Waals surface area contributed by atoms with Gasteiger partial charge in [0, 0.05) is 6.42 Å². The van der Waals surface area contributed by atoms with Gasteiger partial charge in [0.25, 0.3) is 8.41 Å². The minimum Gasteiger partial charge on any atom is -0.481 e. The molecule has 4 heteroatoms. The van der Waals surface area contributed by atoms with Crippen molar-refractivity contribution in [3.05, 3.63) is 29.8 Å². The summed E-state index contributed by atoms with van der Waals surface area (Å²) in [6.07, 6.45) is 0.553. The molecule has 0 amide bonds. The molecule has 0 saturated carbocycles. The lowest BCUT2D eigenvalue weighted by molar-refractivity contribution is -0.136. The Hall–Kier alpha value is -1.16. The van der Waals surface area contributed by atoms with Gasteiger partial charge in [-0.25, -0.2) is 0 Å². The third-order valence-electron chi connectivity index (χ3n) is 3.68. The molecule has 0 fully saturated rings. The molecule has 1 aromatic rings. The Morgan fingerprint density at radius 2 is 1.84 bits per heavy atom. The second-order valence-corrected chi connectivity index (χ2v) is 10.1. The van der Waals surface area contributed by atoms with Crippen LogP contribution in [0.1, 0.15) is 39.7 Å². The molecule has 2 nitrogen and oxygen atoms in total. The first-order valence-corrected chi connectivity index (χ1v) is 8.81. The van der Waals surface area contributed by atoms with Gasteiger partial charge in [-0.05, 0) is 28.3 Å². The van der Waals surface area contributed by atoms with Gasteiger partial charge in [0.1, 0.15) is 0 Å². The third-order valence-corrected chi connectivity index (χ3v) is 8.23. The summed E-state index contributed by atoms with van der Waals surface area (Å²) in [5.41, 5.74) is 0.945. The molecule has 106 valence electrons. The van der Waals surface area contributed by atoms with Gasteiger partial charge in [0.15, 0.2) is 0 Å². The number of carboxylic acid groups (broad SMARTS) is 1. The number of aliphatic carboxylic acids is 1. The van der Waals surface area contributed by atoms with Crippen LogP contribution in [0.2, 0.25) is 11.1 Å². The van der Waals surface area contributed by atoms with E-state index in [2.05, 4.69) is 0 Å². The maximum atomic E-state index is 15.4. The maximum absolute atomic E-state index is 15.4. The van der Waals surface area contributed by atoms with Crippen LogP contribution in [0.15, 0.2) is 24.3 Å². The van der Waals surface area contributed by atoms with E-state index in [0.717, 1.165) is 10.8 Å². The zero-order chi connectivity index (χ0) is 14.6. The molecule has 0 aliphatic carbocycles. The highest BCUT2D eigenvalue weighted by atomic mass is 28.4. The van der Waals surface area contributed by atoms with Crippen LogP contribution in [0.3, 0.4) is 0 Å². The summed E-state index contributed by atoms with van der Waals surface area (Å²) in [7, 11) is -3.02. The Balaban J connectivity index is 3.06. The van der Waals surface area contributed by atoms with E-state index in [4.69, 9.17) is 5.11 Å². The van der Waals surface area contributed by atoms with Crippen molar-refractivity contribution in [2.24, 2.45) is 0 Å². The first-order chi connectivity index (χ1) is 8.78. The smallest absolute Gasteiger partial charge is 0.303 e. The summed E-state index contributed by atoms with van der Waals surface area (Å²) >= 11 is 0. The zero-order valence-electron chi connectivity index (χ0n) is 12.1. The molecular formula is C15H23FO2Si. The van der Waals surface area contributed by atoms with Crippen molar-refractivity contribution in [1.29, 1.82) is 0 Å². The fraction of sp³-hybridized carbons (Fsp3) is 0.533. The van der Waals surface area contributed by atoms with E-state index >= 15 is 4.11 Å². The SMILES string of the molecule is CC(C)[Si](F)(c1cccc(CCC(=O)O)c1)C(C)C. The summed E-state index contributed by atoms with van der Waals surface area (Å²) in [6, 6.07) is 7.45. The molecule has 0 spiro atoms. The van der Waals surface area contributed by atoms with Gasteiger partial charge in [-0.15, -0.1) is 0 Å². The summed E-state index contributed by atoms with van der Waals surface area (Å²) in [6.45, 7) is 7.76. The second kappa shape index (κ2) is 6.33. The molecule has 1 N–H and O–H groups in total. The first kappa shape index (κ1) is 15.9. The van der Waals surface area contributed by atoms with Crippen molar-refractivity contribution in [3.8, 4) is 0 Å². The number of rotatable bonds is 6. The topological polar surface area (TPSA) is 37.3 Å². The lowest BCUT2D eigenvalue weighted by Gasteiger charge is -2.31. The Kier molecular flexibility index (Phi) is 5.29. The lowest BCUT2D eigenvalue weighted by atomic mass is 10.1. The van der Waals surface area contributed by atoms with Crippen LogP contribution in [0, 0.1) is 0 Å². The average Bonchev–Trinajstić information content (AvgIpc) is 2.35. The van der Waals surface area contributed by atoms with Crippen molar-refractivity contribution < 1.29 is 14.0 Å². The summed E-state index contributed by atoms with van der Waals surface area (Å²) in [5.74, 6) is -0.818. The summed E-state index contributed by atoms with van der Waals surface area (Å²) in [5, 5.41) is 9.51. The van der Waals surface area contributed by atoms with Crippen molar-refractivity contribution in [2.75, 3.05) is 0 Å². The molecule has 0 radical (unpaired) electrons. The molecule has 0 saturated heterocycles. The van der Waals surface area contributed by atoms with Crippen LogP contribution in [0.5, 0.6) is 0 Å². The molecule has 0 unspecified atom stereocenters. The van der Waals surface area contributed by atoms with Gasteiger partial charge in [-0.1, -0.05) is 52.0 Å². The predicted octanol–water partition coefficient (Wildman–Crippen LogP) is 3.65. The van der Waals surface area contributed by atoms with Crippen molar-refractivity contribution in [1.82, 2.24) is 0 Å². The lowest BCUT2D eigenvalue weighted by Crippen LogP contribution is -2.49. The van der Waals surface area contributed by atoms with Crippen molar-refractivity contribution >= 4 is 19.6 Å². The zero-order valence-corrected chi connectivity index (χ0v) is 13.1. The van der Waals surface area contributed by atoms with E-state index in [9.17, 15) is 4.79 Å². The number of hydrogen-bond donors (Lipinski definition) is 1. The Bertz CT molecular complexity index is 436. The van der Waals surface area contributed by atoms with E-state index in [1.807, 2.05) is 52.0 Å². The van der Waals surface area contributed by atoms with Gasteiger partial charge in [0.05, 0.1) is 0 Å². The molecule has 0 aliphatic rings. The van der Waals surface area contributed by atoms with Crippen LogP contribution < -0.4 is 5.19 Å². The first-order valence-electron chi connectivity index (χ1n) is 6.78. The highest BCUT2D eigenvalue weighted by molar-refractivity contribution is 6.88. The number of benzene rings is 1. The van der Waals surface area contributed by atoms with Crippen molar-refractivity contribution in [2.45, 2.75) is 51.6 Å². The van der Waals surface area contributed by atoms with Crippen molar-refractivity contribution in [3.63, 3.8) is 0 Å². The molecule has 1 aromatic carbocycles. The van der Waals surface area contributed by atoms with Gasteiger partial charge in [0.2, 0.25) is 0 Å². The average molecular weight is 282 g/mol. The van der Waals surface area contributed by atoms with E-state index in [0.29, 0.717) is 6.42 Å². The van der Waals surface area contributed by atoms with Gasteiger partial charge >= 0.3 is 5.97 Å². The Morgan fingerprint density at radius 1 is 1.26 bits per heavy atom. The summed E-state index contributed by atoms with van der Waals surface area (Å²) in [4.78, 5) is 10.6. The number of halogens is 1. The van der Waals surface area contributed by atoms with Crippen LogP contribution in [0.25, 0.3) is 0 Å². The maximum Gasteiger partial charge on any atom is 0.303 e. The van der Waals surface area contributed by atoms with Crippen LogP contribution in [-0.2, 0) is 11.2 Å². The van der Waals surface area contributed by atoms with Crippen LogP contribution >= 0.6 is 0 Å². The van der Waals surface area contributed by atoms with E-state index in [-0.39, 0.29) is 17.5 Å². The van der Waals surface area contributed by atoms with Crippen LogP contribution in [-0.4, -0.2) is 19.5 Å². The fourth-order valence-corrected chi connectivity index (χ4v) is 5.97. The van der Waals surface area contributed by atoms with Gasteiger partial charge in [-0.3, -0.25) is 4.79 Å². The molecule has 0 aromatic heterocycles. The summed E-state index contributed by atoms with van der Waals surface area (Å²) < 4.78 is 15.4. The molecule has 1 rings (SSSR count). The predicted molar refractivity (Wildman–Crippen MR) is 79.1 cm³/mol. The van der Waals surface area contributed by atoms with E-state index < -0.39 is 14.4 Å². The van der Waals surface area contributed by atoms with E-state index in [1.54, 1.807) is 0 Å². The van der Waals surface area contributed by atoms with Gasteiger partial charge in [-0.2, -0.15) is 0 Å². The Labute approximate surface area is 115 Å². The number of carbonyl (C=O) groups is 1.